The van der Waals surface area contributed by atoms with Crippen molar-refractivity contribution in [2.75, 3.05) is 18.4 Å². The van der Waals surface area contributed by atoms with Crippen LogP contribution in [0.2, 0.25) is 0 Å². The second-order valence-electron chi connectivity index (χ2n) is 10.2. The van der Waals surface area contributed by atoms with Gasteiger partial charge in [-0.25, -0.2) is 9.50 Å². The molecule has 190 valence electrons. The van der Waals surface area contributed by atoms with Gasteiger partial charge in [-0.2, -0.15) is 4.98 Å². The molecular weight excluding hydrogens is 464 g/mol. The molecule has 4 aromatic rings. The highest BCUT2D eigenvalue weighted by atomic mass is 16.2. The van der Waals surface area contributed by atoms with Gasteiger partial charge in [-0.3, -0.25) is 15.5 Å². The van der Waals surface area contributed by atoms with Crippen LogP contribution in [0.4, 0.5) is 5.95 Å². The first kappa shape index (κ1) is 23.4. The van der Waals surface area contributed by atoms with Gasteiger partial charge in [0.15, 0.2) is 5.65 Å². The van der Waals surface area contributed by atoms with Crippen LogP contribution in [0.5, 0.6) is 0 Å². The van der Waals surface area contributed by atoms with Crippen LogP contribution in [0.3, 0.4) is 0 Å². The summed E-state index contributed by atoms with van der Waals surface area (Å²) in [7, 11) is 0. The van der Waals surface area contributed by atoms with E-state index in [0.29, 0.717) is 23.3 Å². The highest BCUT2D eigenvalue weighted by Crippen LogP contribution is 2.30. The number of pyridine rings is 1. The number of carbonyl (C=O) groups is 1. The quantitative estimate of drug-likeness (QED) is 0.292. The maximum Gasteiger partial charge on any atom is 0.249 e. The van der Waals surface area contributed by atoms with Crippen molar-refractivity contribution in [2.24, 2.45) is 11.8 Å². The predicted molar refractivity (Wildman–Crippen MR) is 142 cm³/mol. The van der Waals surface area contributed by atoms with Gasteiger partial charge in [-0.05, 0) is 57.1 Å². The zero-order valence-electron chi connectivity index (χ0n) is 21.1. The summed E-state index contributed by atoms with van der Waals surface area (Å²) in [6.07, 6.45) is 9.19. The number of aryl methyl sites for hydroxylation is 2. The Hall–Kier alpha value is -4.01. The fourth-order valence-electron chi connectivity index (χ4n) is 5.12. The van der Waals surface area contributed by atoms with E-state index in [1.807, 2.05) is 55.6 Å². The van der Waals surface area contributed by atoms with E-state index in [0.717, 1.165) is 74.4 Å². The number of imidazole rings is 1. The monoisotopic (exact) mass is 496 g/mol. The van der Waals surface area contributed by atoms with E-state index in [1.165, 1.54) is 0 Å². The molecular formula is C28H32N8O. The molecule has 2 N–H and O–H groups in total. The summed E-state index contributed by atoms with van der Waals surface area (Å²) in [5, 5.41) is 16.2. The molecule has 0 atom stereocenters. The van der Waals surface area contributed by atoms with Crippen LogP contribution in [0.25, 0.3) is 16.9 Å². The molecule has 1 amide bonds. The minimum Gasteiger partial charge on any atom is -0.357 e. The molecule has 1 aromatic carbocycles. The third-order valence-corrected chi connectivity index (χ3v) is 7.63. The third-order valence-electron chi connectivity index (χ3n) is 7.63. The van der Waals surface area contributed by atoms with Gasteiger partial charge < -0.3 is 9.47 Å². The number of hydrogen-bond acceptors (Lipinski definition) is 5. The molecule has 9 heteroatoms. The Labute approximate surface area is 216 Å². The second-order valence-corrected chi connectivity index (χ2v) is 10.2. The van der Waals surface area contributed by atoms with E-state index < -0.39 is 0 Å². The number of rotatable bonds is 7. The summed E-state index contributed by atoms with van der Waals surface area (Å²) in [5.41, 5.74) is 3.48. The minimum atomic E-state index is -0.00217. The average molecular weight is 497 g/mol. The van der Waals surface area contributed by atoms with Crippen molar-refractivity contribution in [3.63, 3.8) is 0 Å². The maximum atomic E-state index is 12.1. The number of nitrogens with zero attached hydrogens (tertiary/aromatic N) is 6. The molecule has 1 aliphatic heterocycles. The fraction of sp³-hybridized carbons (Fsp3) is 0.393. The maximum absolute atomic E-state index is 12.1. The highest BCUT2D eigenvalue weighted by Gasteiger charge is 2.30. The minimum absolute atomic E-state index is 0.00217. The van der Waals surface area contributed by atoms with E-state index in [-0.39, 0.29) is 11.8 Å². The zero-order chi connectivity index (χ0) is 25.4. The number of nitrogens with one attached hydrogen (secondary N) is 2. The molecule has 9 nitrogen and oxygen atoms in total. The van der Waals surface area contributed by atoms with E-state index in [1.54, 1.807) is 4.52 Å². The van der Waals surface area contributed by atoms with Crippen LogP contribution < -0.4 is 5.32 Å². The molecule has 1 saturated heterocycles. The van der Waals surface area contributed by atoms with Gasteiger partial charge in [0.1, 0.15) is 11.7 Å². The fourth-order valence-corrected chi connectivity index (χ4v) is 5.12. The number of fused-ring (bicyclic) bond motifs is 1. The zero-order valence-corrected chi connectivity index (χ0v) is 21.1. The second kappa shape index (κ2) is 9.80. The molecule has 4 heterocycles. The lowest BCUT2D eigenvalue weighted by Crippen LogP contribution is -2.38. The largest absolute Gasteiger partial charge is 0.357 e. The number of piperidine rings is 1. The van der Waals surface area contributed by atoms with Crippen LogP contribution in [0, 0.1) is 24.2 Å². The van der Waals surface area contributed by atoms with E-state index in [9.17, 15) is 4.79 Å². The van der Waals surface area contributed by atoms with E-state index >= 15 is 0 Å². The molecule has 2 aliphatic rings. The normalized spacial score (nSPS) is 16.3. The predicted octanol–water partition coefficient (Wildman–Crippen LogP) is 4.38. The standard InChI is InChI=1S/C28H32N8O/c1-19-30-14-18-34(19)15-11-20-12-16-35(17-13-20)26(29)22-7-5-21(6-8-22)24-3-2-4-25-31-28(33-36(24)25)32-27(37)23-9-10-23/h2-8,14,18,20,23,29H,9-13,15-17H2,1H3,(H,32,33,37). The highest BCUT2D eigenvalue weighted by molar-refractivity contribution is 5.97. The number of aromatic nitrogens is 5. The molecule has 6 rings (SSSR count). The van der Waals surface area contributed by atoms with Crippen molar-refractivity contribution in [1.29, 1.82) is 5.41 Å². The number of hydrogen-bond donors (Lipinski definition) is 2. The Morgan fingerprint density at radius 3 is 2.57 bits per heavy atom. The lowest BCUT2D eigenvalue weighted by atomic mass is 9.93. The Morgan fingerprint density at radius 2 is 1.86 bits per heavy atom. The first-order valence-electron chi connectivity index (χ1n) is 13.1. The van der Waals surface area contributed by atoms with Crippen molar-refractivity contribution >= 4 is 23.3 Å². The first-order valence-corrected chi connectivity index (χ1v) is 13.1. The summed E-state index contributed by atoms with van der Waals surface area (Å²) in [4.78, 5) is 23.1. The van der Waals surface area contributed by atoms with Gasteiger partial charge in [0, 0.05) is 49.1 Å². The van der Waals surface area contributed by atoms with E-state index in [2.05, 4.69) is 36.0 Å². The number of amides is 1. The summed E-state index contributed by atoms with van der Waals surface area (Å²) in [6, 6.07) is 13.9. The smallest absolute Gasteiger partial charge is 0.249 e. The van der Waals surface area contributed by atoms with Crippen molar-refractivity contribution in [2.45, 2.75) is 45.6 Å². The molecule has 0 unspecified atom stereocenters. The molecule has 3 aromatic heterocycles. The van der Waals surface area contributed by atoms with Crippen LogP contribution in [0.15, 0.2) is 54.9 Å². The van der Waals surface area contributed by atoms with Gasteiger partial charge in [-0.15, -0.1) is 5.10 Å². The van der Waals surface area contributed by atoms with Crippen molar-refractivity contribution in [3.8, 4) is 11.3 Å². The summed E-state index contributed by atoms with van der Waals surface area (Å²) in [6.45, 7) is 4.90. The first-order chi connectivity index (χ1) is 18.0. The van der Waals surface area contributed by atoms with Crippen LogP contribution >= 0.6 is 0 Å². The number of anilines is 1. The molecule has 0 spiro atoms. The van der Waals surface area contributed by atoms with Crippen LogP contribution in [-0.4, -0.2) is 53.9 Å². The molecule has 1 saturated carbocycles. The van der Waals surface area contributed by atoms with Gasteiger partial charge in [0.2, 0.25) is 11.9 Å². The average Bonchev–Trinajstić information content (AvgIpc) is 3.58. The van der Waals surface area contributed by atoms with Crippen molar-refractivity contribution in [1.82, 2.24) is 29.0 Å². The molecule has 37 heavy (non-hydrogen) atoms. The SMILES string of the molecule is Cc1nccn1CCC1CCN(C(=N)c2ccc(-c3cccc4nc(NC(=O)C5CC5)nn34)cc2)CC1. The Morgan fingerprint density at radius 1 is 1.08 bits per heavy atom. The van der Waals surface area contributed by atoms with Gasteiger partial charge in [-0.1, -0.05) is 30.3 Å². The van der Waals surface area contributed by atoms with Crippen molar-refractivity contribution in [3.05, 3.63) is 66.2 Å². The number of carbonyl (C=O) groups excluding carboxylic acids is 1. The summed E-state index contributed by atoms with van der Waals surface area (Å²) in [5.74, 6) is 2.79. The lowest BCUT2D eigenvalue weighted by molar-refractivity contribution is -0.117. The van der Waals surface area contributed by atoms with Gasteiger partial charge >= 0.3 is 0 Å². The molecule has 0 radical (unpaired) electrons. The summed E-state index contributed by atoms with van der Waals surface area (Å²) < 4.78 is 3.99. The topological polar surface area (TPSA) is 104 Å². The molecule has 0 bridgehead atoms. The number of benzene rings is 1. The Bertz CT molecular complexity index is 1420. The lowest BCUT2D eigenvalue weighted by Gasteiger charge is -2.34. The van der Waals surface area contributed by atoms with Crippen LogP contribution in [-0.2, 0) is 11.3 Å². The van der Waals surface area contributed by atoms with Gasteiger partial charge in [0.25, 0.3) is 0 Å². The Kier molecular flexibility index (Phi) is 6.20. The van der Waals surface area contributed by atoms with Crippen molar-refractivity contribution < 1.29 is 4.79 Å². The third kappa shape index (κ3) is 4.98. The number of amidine groups is 1. The summed E-state index contributed by atoms with van der Waals surface area (Å²) >= 11 is 0. The van der Waals surface area contributed by atoms with Crippen LogP contribution in [0.1, 0.15) is 43.5 Å². The number of likely N-dealkylation sites (tertiary alicyclic amines) is 1. The Balaban J connectivity index is 1.09. The van der Waals surface area contributed by atoms with E-state index in [4.69, 9.17) is 5.41 Å². The molecule has 1 aliphatic carbocycles. The van der Waals surface area contributed by atoms with Gasteiger partial charge in [0.05, 0.1) is 5.69 Å². The molecule has 2 fully saturated rings.